The van der Waals surface area contributed by atoms with Crippen LogP contribution in [0.25, 0.3) is 0 Å². The van der Waals surface area contributed by atoms with Crippen molar-refractivity contribution in [3.05, 3.63) is 51.3 Å². The van der Waals surface area contributed by atoms with Gasteiger partial charge >= 0.3 is 0 Å². The van der Waals surface area contributed by atoms with E-state index in [1.165, 1.54) is 12.1 Å². The third kappa shape index (κ3) is 3.92. The van der Waals surface area contributed by atoms with Crippen LogP contribution in [0.4, 0.5) is 5.69 Å². The fourth-order valence-electron chi connectivity index (χ4n) is 5.25. The summed E-state index contributed by atoms with van der Waals surface area (Å²) >= 11 is 0. The van der Waals surface area contributed by atoms with Crippen LogP contribution in [0.15, 0.2) is 35.6 Å². The maximum atomic E-state index is 13.7. The van der Waals surface area contributed by atoms with E-state index in [0.29, 0.717) is 29.5 Å². The van der Waals surface area contributed by atoms with E-state index in [0.717, 1.165) is 25.8 Å². The van der Waals surface area contributed by atoms with Crippen molar-refractivity contribution in [1.82, 2.24) is 9.80 Å². The molecule has 0 saturated heterocycles. The number of hydrogen-bond acceptors (Lipinski definition) is 6. The summed E-state index contributed by atoms with van der Waals surface area (Å²) in [6, 6.07) is 5.60. The van der Waals surface area contributed by atoms with Crippen LogP contribution < -0.4 is 0 Å². The second-order valence-electron chi connectivity index (χ2n) is 9.71. The predicted octanol–water partition coefficient (Wildman–Crippen LogP) is 3.33. The predicted molar refractivity (Wildman–Crippen MR) is 119 cm³/mol. The Labute approximate surface area is 188 Å². The summed E-state index contributed by atoms with van der Waals surface area (Å²) in [5.74, 6) is 0.389. The van der Waals surface area contributed by atoms with Crippen LogP contribution in [-0.4, -0.2) is 59.7 Å². The monoisotopic (exact) mass is 441 g/mol. The van der Waals surface area contributed by atoms with E-state index in [1.807, 2.05) is 19.0 Å². The highest BCUT2D eigenvalue weighted by Crippen LogP contribution is 2.48. The first-order chi connectivity index (χ1) is 15.2. The third-order valence-corrected chi connectivity index (χ3v) is 7.21. The van der Waals surface area contributed by atoms with Crippen molar-refractivity contribution in [3.8, 4) is 0 Å². The Kier molecular flexibility index (Phi) is 6.07. The molecule has 1 aromatic rings. The topological polar surface area (TPSA) is 93.0 Å². The molecule has 0 bridgehead atoms. The number of hydrogen-bond donors (Lipinski definition) is 0. The summed E-state index contributed by atoms with van der Waals surface area (Å²) in [6.07, 6.45) is 1.94. The second kappa shape index (κ2) is 8.65. The molecule has 5 atom stereocenters. The Hall–Kier alpha value is -2.74. The second-order valence-corrected chi connectivity index (χ2v) is 9.71. The first-order valence-electron chi connectivity index (χ1n) is 11.3. The Morgan fingerprint density at radius 3 is 2.59 bits per heavy atom. The minimum absolute atomic E-state index is 0.0324. The molecule has 0 N–H and O–H groups in total. The van der Waals surface area contributed by atoms with Crippen LogP contribution in [0, 0.1) is 27.9 Å². The highest BCUT2D eigenvalue weighted by molar-refractivity contribution is 6.11. The quantitative estimate of drug-likeness (QED) is 0.497. The molecule has 1 amide bonds. The zero-order valence-corrected chi connectivity index (χ0v) is 19.1. The number of nitro groups is 1. The molecule has 5 unspecified atom stereocenters. The van der Waals surface area contributed by atoms with Gasteiger partial charge < -0.3 is 14.5 Å². The fraction of sp³-hybridized carbons (Fsp3) is 0.583. The molecular formula is C24H31N3O5. The molecule has 1 saturated carbocycles. The summed E-state index contributed by atoms with van der Waals surface area (Å²) in [7, 11) is 3.93. The van der Waals surface area contributed by atoms with Crippen molar-refractivity contribution in [3.63, 3.8) is 0 Å². The molecule has 8 nitrogen and oxygen atoms in total. The first kappa shape index (κ1) is 22.5. The van der Waals surface area contributed by atoms with Crippen LogP contribution in [-0.2, 0) is 14.3 Å². The first-order valence-corrected chi connectivity index (χ1v) is 11.3. The van der Waals surface area contributed by atoms with Crippen LogP contribution in [0.3, 0.4) is 0 Å². The summed E-state index contributed by atoms with van der Waals surface area (Å²) in [4.78, 5) is 41.8. The number of fused-ring (bicyclic) bond motifs is 1. The number of nitrogens with zero attached hydrogens (tertiary/aromatic N) is 3. The molecule has 4 rings (SSSR count). The van der Waals surface area contributed by atoms with Gasteiger partial charge in [0.25, 0.3) is 11.6 Å². The zero-order chi connectivity index (χ0) is 23.2. The minimum atomic E-state index is -0.650. The van der Waals surface area contributed by atoms with Gasteiger partial charge in [0.1, 0.15) is 6.10 Å². The van der Waals surface area contributed by atoms with Gasteiger partial charge in [0.2, 0.25) is 0 Å². The number of benzene rings is 1. The van der Waals surface area contributed by atoms with Gasteiger partial charge in [-0.2, -0.15) is 0 Å². The highest BCUT2D eigenvalue weighted by atomic mass is 16.6. The molecule has 32 heavy (non-hydrogen) atoms. The number of nitro benzene ring substituents is 1. The maximum absolute atomic E-state index is 13.7. The fourth-order valence-corrected chi connectivity index (χ4v) is 5.25. The van der Waals surface area contributed by atoms with Crippen LogP contribution in [0.5, 0.6) is 0 Å². The lowest BCUT2D eigenvalue weighted by atomic mass is 9.70. The largest absolute Gasteiger partial charge is 0.483 e. The van der Waals surface area contributed by atoms with Gasteiger partial charge in [-0.25, -0.2) is 0 Å². The van der Waals surface area contributed by atoms with Crippen molar-refractivity contribution in [2.24, 2.45) is 17.8 Å². The van der Waals surface area contributed by atoms with Gasteiger partial charge in [-0.05, 0) is 57.3 Å². The Bertz CT molecular complexity index is 972. The average Bonchev–Trinajstić information content (AvgIpc) is 3.02. The van der Waals surface area contributed by atoms with Crippen molar-refractivity contribution in [1.29, 1.82) is 0 Å². The summed E-state index contributed by atoms with van der Waals surface area (Å²) < 4.78 is 6.23. The van der Waals surface area contributed by atoms with E-state index in [2.05, 4.69) is 13.8 Å². The number of amides is 1. The van der Waals surface area contributed by atoms with Crippen LogP contribution in [0.2, 0.25) is 0 Å². The van der Waals surface area contributed by atoms with E-state index >= 15 is 0 Å². The standard InChI is InChI=1S/C24H31N3O5/c1-14-11-18-19(12-15(14)2)32-23-20(22(18)28)21(16-7-5-8-17(13-16)27(30)31)26(24(23)29)10-6-9-25(3)4/h5,7-8,13-15,18-19,21H,6,9-12H2,1-4H3. The molecule has 2 aliphatic heterocycles. The molecule has 0 spiro atoms. The zero-order valence-electron chi connectivity index (χ0n) is 19.1. The number of Topliss-reactive ketones (excluding diaryl/α,β-unsaturated/α-hetero) is 1. The number of ketones is 1. The molecule has 0 aromatic heterocycles. The molecule has 0 radical (unpaired) electrons. The maximum Gasteiger partial charge on any atom is 0.290 e. The normalized spacial score (nSPS) is 29.8. The van der Waals surface area contributed by atoms with Gasteiger partial charge in [-0.3, -0.25) is 19.7 Å². The van der Waals surface area contributed by atoms with Crippen molar-refractivity contribution >= 4 is 17.4 Å². The molecule has 2 heterocycles. The average molecular weight is 442 g/mol. The van der Waals surface area contributed by atoms with E-state index in [1.54, 1.807) is 17.0 Å². The Morgan fingerprint density at radius 2 is 1.91 bits per heavy atom. The third-order valence-electron chi connectivity index (χ3n) is 7.21. The number of non-ortho nitro benzene ring substituents is 1. The molecule has 8 heteroatoms. The Balaban J connectivity index is 1.74. The van der Waals surface area contributed by atoms with Crippen LogP contribution in [0.1, 0.15) is 44.7 Å². The van der Waals surface area contributed by atoms with Gasteiger partial charge in [0, 0.05) is 18.7 Å². The van der Waals surface area contributed by atoms with E-state index in [-0.39, 0.29) is 35.2 Å². The van der Waals surface area contributed by atoms with Crippen LogP contribution >= 0.6 is 0 Å². The SMILES string of the molecule is CC1CC2OC3=C(C(=O)C2CC1C)C(c1cccc([N+](=O)[O-])c1)N(CCCN(C)C)C3=O. The number of carbonyl (C=O) groups excluding carboxylic acids is 2. The lowest BCUT2D eigenvalue weighted by molar-refractivity contribution is -0.384. The van der Waals surface area contributed by atoms with E-state index in [9.17, 15) is 19.7 Å². The van der Waals surface area contributed by atoms with Gasteiger partial charge in [-0.1, -0.05) is 26.0 Å². The lowest BCUT2D eigenvalue weighted by Crippen LogP contribution is -2.43. The molecule has 172 valence electrons. The molecule has 1 aliphatic carbocycles. The number of rotatable bonds is 6. The lowest BCUT2D eigenvalue weighted by Gasteiger charge is -2.40. The Morgan fingerprint density at radius 1 is 1.19 bits per heavy atom. The van der Waals surface area contributed by atoms with E-state index < -0.39 is 11.0 Å². The number of ether oxygens (including phenoxy) is 1. The van der Waals surface area contributed by atoms with Gasteiger partial charge in [0.15, 0.2) is 11.5 Å². The van der Waals surface area contributed by atoms with Gasteiger partial charge in [0.05, 0.1) is 22.5 Å². The van der Waals surface area contributed by atoms with Crippen molar-refractivity contribution < 1.29 is 19.2 Å². The molecule has 1 aromatic carbocycles. The molecular weight excluding hydrogens is 410 g/mol. The van der Waals surface area contributed by atoms with E-state index in [4.69, 9.17) is 4.74 Å². The summed E-state index contributed by atoms with van der Waals surface area (Å²) in [5.41, 5.74) is 0.901. The summed E-state index contributed by atoms with van der Waals surface area (Å²) in [5, 5.41) is 11.4. The smallest absolute Gasteiger partial charge is 0.290 e. The number of carbonyl (C=O) groups is 2. The molecule has 3 aliphatic rings. The van der Waals surface area contributed by atoms with Crippen molar-refractivity contribution in [2.45, 2.75) is 45.3 Å². The van der Waals surface area contributed by atoms with Crippen molar-refractivity contribution in [2.75, 3.05) is 27.2 Å². The minimum Gasteiger partial charge on any atom is -0.483 e. The summed E-state index contributed by atoms with van der Waals surface area (Å²) in [6.45, 7) is 5.54. The highest BCUT2D eigenvalue weighted by Gasteiger charge is 2.53. The molecule has 1 fully saturated rings. The van der Waals surface area contributed by atoms with Gasteiger partial charge in [-0.15, -0.1) is 0 Å².